The highest BCUT2D eigenvalue weighted by molar-refractivity contribution is 5.73. The summed E-state index contributed by atoms with van der Waals surface area (Å²) < 4.78 is 3.05. The number of aromatic nitrogens is 2. The molecule has 0 fully saturated rings. The second-order valence-corrected chi connectivity index (χ2v) is 1.82. The molecule has 1 amide bonds. The molecule has 0 aromatic carbocycles. The zero-order valence-corrected chi connectivity index (χ0v) is 5.11. The molecule has 1 heterocycles. The molecule has 0 saturated heterocycles. The van der Waals surface area contributed by atoms with Gasteiger partial charge in [-0.15, -0.1) is 0 Å². The van der Waals surface area contributed by atoms with Crippen LogP contribution < -0.4 is 10.3 Å². The third-order valence-electron chi connectivity index (χ3n) is 1.02. The highest BCUT2D eigenvalue weighted by Gasteiger charge is 2.03. The fourth-order valence-electron chi connectivity index (χ4n) is 0.581. The van der Waals surface area contributed by atoms with Gasteiger partial charge in [-0.2, -0.15) is 4.57 Å². The van der Waals surface area contributed by atoms with Crippen molar-refractivity contribution in [2.24, 2.45) is 12.8 Å². The molecule has 0 bridgehead atoms. The van der Waals surface area contributed by atoms with E-state index in [4.69, 9.17) is 5.73 Å². The Hall–Kier alpha value is -1.32. The van der Waals surface area contributed by atoms with Crippen LogP contribution in [0.25, 0.3) is 0 Å². The van der Waals surface area contributed by atoms with Gasteiger partial charge in [0.2, 0.25) is 0 Å². The molecule has 0 radical (unpaired) electrons. The van der Waals surface area contributed by atoms with Gasteiger partial charge in [-0.3, -0.25) is 0 Å². The second-order valence-electron chi connectivity index (χ2n) is 1.82. The van der Waals surface area contributed by atoms with E-state index in [9.17, 15) is 4.79 Å². The van der Waals surface area contributed by atoms with Crippen LogP contribution in [0.1, 0.15) is 0 Å². The topological polar surface area (TPSA) is 51.9 Å². The van der Waals surface area contributed by atoms with Crippen molar-refractivity contribution < 1.29 is 9.36 Å². The van der Waals surface area contributed by atoms with E-state index < -0.39 is 6.03 Å². The summed E-state index contributed by atoms with van der Waals surface area (Å²) >= 11 is 0. The minimum absolute atomic E-state index is 0.462. The quantitative estimate of drug-likeness (QED) is 0.456. The lowest BCUT2D eigenvalue weighted by Gasteiger charge is -1.80. The van der Waals surface area contributed by atoms with Crippen LogP contribution in [0.4, 0.5) is 4.79 Å². The number of rotatable bonds is 0. The largest absolute Gasteiger partial charge is 0.410 e. The van der Waals surface area contributed by atoms with Gasteiger partial charge < -0.3 is 5.73 Å². The van der Waals surface area contributed by atoms with E-state index in [1.807, 2.05) is 7.05 Å². The molecule has 0 atom stereocenters. The molecule has 1 aromatic heterocycles. The Labute approximate surface area is 52.5 Å². The third kappa shape index (κ3) is 1.07. The number of hydrogen-bond donors (Lipinski definition) is 1. The Morgan fingerprint density at radius 1 is 1.78 bits per heavy atom. The molecule has 0 aliphatic rings. The molecule has 9 heavy (non-hydrogen) atoms. The van der Waals surface area contributed by atoms with Gasteiger partial charge in [-0.25, -0.2) is 9.36 Å². The maximum absolute atomic E-state index is 10.4. The standard InChI is InChI=1S/C5H7N3O/c1-7-2-3-8(4-7)5(6)9/h2-4H,1H3,(H-,6,9)/p+1. The van der Waals surface area contributed by atoms with Crippen molar-refractivity contribution in [2.75, 3.05) is 0 Å². The van der Waals surface area contributed by atoms with E-state index in [2.05, 4.69) is 0 Å². The van der Waals surface area contributed by atoms with Crippen LogP contribution in [-0.4, -0.2) is 10.6 Å². The first-order valence-corrected chi connectivity index (χ1v) is 2.53. The fraction of sp³-hybridized carbons (Fsp3) is 0.200. The lowest BCUT2D eigenvalue weighted by molar-refractivity contribution is -0.670. The highest BCUT2D eigenvalue weighted by atomic mass is 16.2. The smallest absolute Gasteiger partial charge is 0.331 e. The van der Waals surface area contributed by atoms with Gasteiger partial charge in [-0.05, 0) is 0 Å². The molecular weight excluding hydrogens is 118 g/mol. The third-order valence-corrected chi connectivity index (χ3v) is 1.02. The van der Waals surface area contributed by atoms with Crippen molar-refractivity contribution >= 4 is 6.03 Å². The minimum atomic E-state index is -0.462. The van der Waals surface area contributed by atoms with Crippen molar-refractivity contribution in [1.82, 2.24) is 4.57 Å². The number of nitrogens with two attached hydrogens (primary N) is 1. The lowest BCUT2D eigenvalue weighted by atomic mass is 10.9. The van der Waals surface area contributed by atoms with Crippen molar-refractivity contribution in [3.05, 3.63) is 18.7 Å². The monoisotopic (exact) mass is 126 g/mol. The van der Waals surface area contributed by atoms with Crippen molar-refractivity contribution in [3.8, 4) is 0 Å². The van der Waals surface area contributed by atoms with Gasteiger partial charge in [-0.1, -0.05) is 0 Å². The lowest BCUT2D eigenvalue weighted by Crippen LogP contribution is -2.26. The zero-order valence-electron chi connectivity index (χ0n) is 5.11. The molecular formula is C5H8N3O+. The normalized spacial score (nSPS) is 9.44. The average Bonchev–Trinajstić information content (AvgIpc) is 2.14. The van der Waals surface area contributed by atoms with Crippen LogP contribution in [0, 0.1) is 0 Å². The number of aryl methyl sites for hydroxylation is 1. The zero-order chi connectivity index (χ0) is 6.85. The molecule has 4 nitrogen and oxygen atoms in total. The van der Waals surface area contributed by atoms with Crippen LogP contribution in [0.2, 0.25) is 0 Å². The first kappa shape index (κ1) is 5.81. The molecule has 0 unspecified atom stereocenters. The molecule has 2 N–H and O–H groups in total. The van der Waals surface area contributed by atoms with Gasteiger partial charge in [0.25, 0.3) is 6.33 Å². The number of primary amides is 1. The summed E-state index contributed by atoms with van der Waals surface area (Å²) in [6.07, 6.45) is 4.94. The predicted octanol–water partition coefficient (Wildman–Crippen LogP) is -0.761. The van der Waals surface area contributed by atoms with Gasteiger partial charge in [0.05, 0.1) is 7.05 Å². The number of hydrogen-bond acceptors (Lipinski definition) is 1. The Kier molecular flexibility index (Phi) is 1.22. The van der Waals surface area contributed by atoms with Crippen LogP contribution in [-0.2, 0) is 7.05 Å². The van der Waals surface area contributed by atoms with Crippen molar-refractivity contribution in [3.63, 3.8) is 0 Å². The van der Waals surface area contributed by atoms with Gasteiger partial charge in [0.1, 0.15) is 12.4 Å². The molecule has 0 spiro atoms. The number of carbonyl (C=O) groups is 1. The summed E-state index contributed by atoms with van der Waals surface area (Å²) in [5.74, 6) is 0. The van der Waals surface area contributed by atoms with Gasteiger partial charge in [0, 0.05) is 0 Å². The van der Waals surface area contributed by atoms with E-state index in [0.717, 1.165) is 0 Å². The Balaban J connectivity index is 2.98. The molecule has 1 aromatic rings. The summed E-state index contributed by atoms with van der Waals surface area (Å²) in [4.78, 5) is 10.4. The fourth-order valence-corrected chi connectivity index (χ4v) is 0.581. The van der Waals surface area contributed by atoms with Crippen molar-refractivity contribution in [2.45, 2.75) is 0 Å². The Morgan fingerprint density at radius 2 is 2.44 bits per heavy atom. The maximum atomic E-state index is 10.4. The first-order valence-electron chi connectivity index (χ1n) is 2.53. The van der Waals surface area contributed by atoms with E-state index in [-0.39, 0.29) is 0 Å². The second kappa shape index (κ2) is 1.89. The first-order chi connectivity index (χ1) is 4.20. The molecule has 4 heteroatoms. The maximum Gasteiger partial charge on any atom is 0.410 e. The van der Waals surface area contributed by atoms with Crippen LogP contribution in [0.15, 0.2) is 18.7 Å². The van der Waals surface area contributed by atoms with E-state index in [1.165, 1.54) is 4.57 Å². The molecule has 0 saturated carbocycles. The number of imidazole rings is 1. The minimum Gasteiger partial charge on any atom is -0.331 e. The highest BCUT2D eigenvalue weighted by Crippen LogP contribution is 1.77. The number of nitrogens with zero attached hydrogens (tertiary/aromatic N) is 2. The number of carbonyl (C=O) groups excluding carboxylic acids is 1. The van der Waals surface area contributed by atoms with E-state index in [0.29, 0.717) is 0 Å². The van der Waals surface area contributed by atoms with Crippen molar-refractivity contribution in [1.29, 1.82) is 0 Å². The summed E-state index contributed by atoms with van der Waals surface area (Å²) in [5.41, 5.74) is 4.94. The summed E-state index contributed by atoms with van der Waals surface area (Å²) in [5, 5.41) is 0. The number of amides is 1. The Morgan fingerprint density at radius 3 is 2.67 bits per heavy atom. The molecule has 1 rings (SSSR count). The summed E-state index contributed by atoms with van der Waals surface area (Å²) in [6.45, 7) is 0. The van der Waals surface area contributed by atoms with Crippen LogP contribution >= 0.6 is 0 Å². The van der Waals surface area contributed by atoms with Crippen LogP contribution in [0.5, 0.6) is 0 Å². The SMILES string of the molecule is C[n+]1ccn(C(N)=O)c1. The molecule has 0 aliphatic carbocycles. The van der Waals surface area contributed by atoms with Gasteiger partial charge >= 0.3 is 6.03 Å². The summed E-state index contributed by atoms with van der Waals surface area (Å²) in [6, 6.07) is -0.462. The predicted molar refractivity (Wildman–Crippen MR) is 30.6 cm³/mol. The Bertz CT molecular complexity index is 228. The molecule has 48 valence electrons. The van der Waals surface area contributed by atoms with Crippen LogP contribution in [0.3, 0.4) is 0 Å². The average molecular weight is 126 g/mol. The van der Waals surface area contributed by atoms with E-state index in [1.54, 1.807) is 23.3 Å². The van der Waals surface area contributed by atoms with Gasteiger partial charge in [0.15, 0.2) is 0 Å². The molecule has 0 aliphatic heterocycles. The summed E-state index contributed by atoms with van der Waals surface area (Å²) in [7, 11) is 1.82. The van der Waals surface area contributed by atoms with E-state index >= 15 is 0 Å².